The molecule has 1 fully saturated rings. The van der Waals surface area contributed by atoms with Crippen molar-refractivity contribution in [3.63, 3.8) is 0 Å². The maximum Gasteiger partial charge on any atom is 0.103 e. The van der Waals surface area contributed by atoms with E-state index in [9.17, 15) is 5.11 Å². The number of aryl methyl sites for hydroxylation is 1. The Balaban J connectivity index is 1.77. The fourth-order valence-electron chi connectivity index (χ4n) is 1.71. The highest BCUT2D eigenvalue weighted by Crippen LogP contribution is 2.17. The van der Waals surface area contributed by atoms with Crippen LogP contribution in [0.1, 0.15) is 17.8 Å². The van der Waals surface area contributed by atoms with Gasteiger partial charge in [0.15, 0.2) is 0 Å². The first-order valence-corrected chi connectivity index (χ1v) is 5.19. The van der Waals surface area contributed by atoms with Gasteiger partial charge in [0.05, 0.1) is 18.6 Å². The summed E-state index contributed by atoms with van der Waals surface area (Å²) in [7, 11) is 0. The molecule has 1 aliphatic rings. The molecular weight excluding hydrogens is 194 g/mol. The Morgan fingerprint density at radius 1 is 1.73 bits per heavy atom. The summed E-state index contributed by atoms with van der Waals surface area (Å²) in [5, 5.41) is 13.2. The first-order valence-electron chi connectivity index (χ1n) is 5.19. The highest BCUT2D eigenvalue weighted by molar-refractivity contribution is 5.08. The number of H-pyrrole nitrogens is 1. The first kappa shape index (κ1) is 10.6. The SMILES string of the molecule is Cc1[nH]cnc1CNCC1(O)CCOC1. The monoisotopic (exact) mass is 211 g/mol. The fraction of sp³-hybridized carbons (Fsp3) is 0.700. The number of aliphatic hydroxyl groups is 1. The Kier molecular flexibility index (Phi) is 3.04. The third-order valence-electron chi connectivity index (χ3n) is 2.76. The zero-order valence-corrected chi connectivity index (χ0v) is 8.92. The van der Waals surface area contributed by atoms with E-state index in [2.05, 4.69) is 15.3 Å². The predicted octanol–water partition coefficient (Wildman–Crippen LogP) is -0.0409. The molecule has 2 rings (SSSR count). The van der Waals surface area contributed by atoms with Gasteiger partial charge < -0.3 is 20.1 Å². The lowest BCUT2D eigenvalue weighted by molar-refractivity contribution is 0.0268. The number of nitrogens with zero attached hydrogens (tertiary/aromatic N) is 1. The molecule has 1 aromatic rings. The van der Waals surface area contributed by atoms with Crippen LogP contribution in [-0.4, -0.2) is 40.4 Å². The van der Waals surface area contributed by atoms with E-state index in [1.54, 1.807) is 6.33 Å². The molecule has 5 nitrogen and oxygen atoms in total. The smallest absolute Gasteiger partial charge is 0.103 e. The van der Waals surface area contributed by atoms with Gasteiger partial charge in [-0.15, -0.1) is 0 Å². The number of aromatic amines is 1. The summed E-state index contributed by atoms with van der Waals surface area (Å²) >= 11 is 0. The number of ether oxygens (including phenoxy) is 1. The summed E-state index contributed by atoms with van der Waals surface area (Å²) in [6.45, 7) is 4.30. The maximum absolute atomic E-state index is 9.97. The van der Waals surface area contributed by atoms with Gasteiger partial charge in [-0.1, -0.05) is 0 Å². The average molecular weight is 211 g/mol. The molecule has 3 N–H and O–H groups in total. The summed E-state index contributed by atoms with van der Waals surface area (Å²) < 4.78 is 5.16. The Morgan fingerprint density at radius 2 is 2.60 bits per heavy atom. The number of rotatable bonds is 4. The minimum atomic E-state index is -0.690. The molecule has 0 amide bonds. The van der Waals surface area contributed by atoms with Crippen molar-refractivity contribution >= 4 is 0 Å². The summed E-state index contributed by atoms with van der Waals surface area (Å²) in [4.78, 5) is 7.19. The Labute approximate surface area is 88.9 Å². The molecule has 0 spiro atoms. The van der Waals surface area contributed by atoms with E-state index in [4.69, 9.17) is 4.74 Å². The Bertz CT molecular complexity index is 318. The molecule has 1 atom stereocenters. The van der Waals surface area contributed by atoms with Crippen molar-refractivity contribution in [3.05, 3.63) is 17.7 Å². The molecule has 0 saturated carbocycles. The minimum absolute atomic E-state index is 0.430. The van der Waals surface area contributed by atoms with Crippen LogP contribution in [0.5, 0.6) is 0 Å². The quantitative estimate of drug-likeness (QED) is 0.653. The molecule has 1 aromatic heterocycles. The highest BCUT2D eigenvalue weighted by Gasteiger charge is 2.31. The lowest BCUT2D eigenvalue weighted by atomic mass is 10.0. The summed E-state index contributed by atoms with van der Waals surface area (Å²) in [5.41, 5.74) is 1.37. The second-order valence-corrected chi connectivity index (χ2v) is 4.10. The standard InChI is InChI=1S/C10H17N3O2/c1-8-9(13-7-12-8)4-11-5-10(14)2-3-15-6-10/h7,11,14H,2-6H2,1H3,(H,12,13). The molecule has 84 valence electrons. The molecule has 1 unspecified atom stereocenters. The second-order valence-electron chi connectivity index (χ2n) is 4.10. The molecule has 1 saturated heterocycles. The molecule has 0 aromatic carbocycles. The van der Waals surface area contributed by atoms with Crippen LogP contribution in [-0.2, 0) is 11.3 Å². The predicted molar refractivity (Wildman–Crippen MR) is 55.4 cm³/mol. The molecule has 2 heterocycles. The van der Waals surface area contributed by atoms with Crippen LogP contribution in [0.3, 0.4) is 0 Å². The van der Waals surface area contributed by atoms with Crippen molar-refractivity contribution in [2.75, 3.05) is 19.8 Å². The molecular formula is C10H17N3O2. The molecule has 0 aliphatic carbocycles. The summed E-state index contributed by atoms with van der Waals surface area (Å²) in [5.74, 6) is 0. The third-order valence-corrected chi connectivity index (χ3v) is 2.76. The molecule has 0 bridgehead atoms. The zero-order chi connectivity index (χ0) is 10.7. The number of hydrogen-bond acceptors (Lipinski definition) is 4. The van der Waals surface area contributed by atoms with Gasteiger partial charge in [-0.25, -0.2) is 4.98 Å². The fourth-order valence-corrected chi connectivity index (χ4v) is 1.71. The topological polar surface area (TPSA) is 70.2 Å². The Hall–Kier alpha value is -0.910. The van der Waals surface area contributed by atoms with E-state index in [-0.39, 0.29) is 0 Å². The lowest BCUT2D eigenvalue weighted by Gasteiger charge is -2.20. The number of nitrogens with one attached hydrogen (secondary N) is 2. The van der Waals surface area contributed by atoms with E-state index in [0.717, 1.165) is 11.4 Å². The largest absolute Gasteiger partial charge is 0.386 e. The molecule has 1 aliphatic heterocycles. The van der Waals surface area contributed by atoms with E-state index < -0.39 is 5.60 Å². The van der Waals surface area contributed by atoms with Crippen LogP contribution < -0.4 is 5.32 Å². The number of imidazole rings is 1. The van der Waals surface area contributed by atoms with Crippen LogP contribution in [0.2, 0.25) is 0 Å². The zero-order valence-electron chi connectivity index (χ0n) is 8.92. The normalized spacial score (nSPS) is 26.0. The molecule has 0 radical (unpaired) electrons. The molecule has 15 heavy (non-hydrogen) atoms. The van der Waals surface area contributed by atoms with Crippen molar-refractivity contribution in [2.24, 2.45) is 0 Å². The van der Waals surface area contributed by atoms with Gasteiger partial charge >= 0.3 is 0 Å². The van der Waals surface area contributed by atoms with E-state index in [0.29, 0.717) is 32.7 Å². The second kappa shape index (κ2) is 4.30. The van der Waals surface area contributed by atoms with E-state index in [1.807, 2.05) is 6.92 Å². The number of hydrogen-bond donors (Lipinski definition) is 3. The van der Waals surface area contributed by atoms with Crippen LogP contribution >= 0.6 is 0 Å². The van der Waals surface area contributed by atoms with Gasteiger partial charge in [0.25, 0.3) is 0 Å². The van der Waals surface area contributed by atoms with Crippen molar-refractivity contribution in [1.29, 1.82) is 0 Å². The van der Waals surface area contributed by atoms with Crippen molar-refractivity contribution in [2.45, 2.75) is 25.5 Å². The van der Waals surface area contributed by atoms with E-state index >= 15 is 0 Å². The van der Waals surface area contributed by atoms with Crippen LogP contribution in [0, 0.1) is 6.92 Å². The van der Waals surface area contributed by atoms with Crippen molar-refractivity contribution in [1.82, 2.24) is 15.3 Å². The van der Waals surface area contributed by atoms with Gasteiger partial charge in [0.1, 0.15) is 5.60 Å². The van der Waals surface area contributed by atoms with Gasteiger partial charge in [0, 0.05) is 31.8 Å². The third kappa shape index (κ3) is 2.56. The van der Waals surface area contributed by atoms with Crippen molar-refractivity contribution < 1.29 is 9.84 Å². The first-order chi connectivity index (χ1) is 7.20. The summed E-state index contributed by atoms with van der Waals surface area (Å²) in [6.07, 6.45) is 2.39. The Morgan fingerprint density at radius 3 is 3.20 bits per heavy atom. The number of aromatic nitrogens is 2. The van der Waals surface area contributed by atoms with E-state index in [1.165, 1.54) is 0 Å². The summed E-state index contributed by atoms with van der Waals surface area (Å²) in [6, 6.07) is 0. The van der Waals surface area contributed by atoms with Crippen LogP contribution in [0.4, 0.5) is 0 Å². The maximum atomic E-state index is 9.97. The van der Waals surface area contributed by atoms with Gasteiger partial charge in [-0.3, -0.25) is 0 Å². The molecule has 5 heteroatoms. The lowest BCUT2D eigenvalue weighted by Crippen LogP contribution is -2.40. The van der Waals surface area contributed by atoms with Crippen LogP contribution in [0.25, 0.3) is 0 Å². The van der Waals surface area contributed by atoms with Gasteiger partial charge in [-0.2, -0.15) is 0 Å². The van der Waals surface area contributed by atoms with Gasteiger partial charge in [-0.05, 0) is 6.92 Å². The minimum Gasteiger partial charge on any atom is -0.386 e. The van der Waals surface area contributed by atoms with Crippen LogP contribution in [0.15, 0.2) is 6.33 Å². The van der Waals surface area contributed by atoms with Gasteiger partial charge in [0.2, 0.25) is 0 Å². The van der Waals surface area contributed by atoms with Crippen molar-refractivity contribution in [3.8, 4) is 0 Å². The highest BCUT2D eigenvalue weighted by atomic mass is 16.5. The average Bonchev–Trinajstić information content (AvgIpc) is 2.78.